The van der Waals surface area contributed by atoms with Gasteiger partial charge in [0.25, 0.3) is 0 Å². The van der Waals surface area contributed by atoms with Crippen LogP contribution in [-0.4, -0.2) is 21.2 Å². The van der Waals surface area contributed by atoms with Gasteiger partial charge in [0, 0.05) is 12.5 Å². The maximum atomic E-state index is 10.8. The Balaban J connectivity index is 2.23. The van der Waals surface area contributed by atoms with Crippen molar-refractivity contribution >= 4 is 5.97 Å². The number of hydrogen-bond acceptors (Lipinski definition) is 4. The molecule has 1 N–H and O–H groups in total. The monoisotopic (exact) mass is 259 g/mol. The third-order valence-corrected chi connectivity index (χ3v) is 2.71. The zero-order chi connectivity index (χ0) is 14.0. The quantitative estimate of drug-likeness (QED) is 0.842. The van der Waals surface area contributed by atoms with E-state index < -0.39 is 5.97 Å². The van der Waals surface area contributed by atoms with E-state index in [-0.39, 0.29) is 11.4 Å². The van der Waals surface area contributed by atoms with Crippen molar-refractivity contribution in [3.63, 3.8) is 0 Å². The molecule has 0 aliphatic rings. The van der Waals surface area contributed by atoms with Crippen LogP contribution in [0.3, 0.4) is 0 Å². The van der Waals surface area contributed by atoms with Gasteiger partial charge in [-0.05, 0) is 11.0 Å². The molecule has 0 aliphatic heterocycles. The SMILES string of the molecule is CC(=O)Oc1nc(-c2ccc(C(C)(C)C)cc2)n[nH]1. The number of nitrogens with one attached hydrogen (secondary N) is 1. The third-order valence-electron chi connectivity index (χ3n) is 2.71. The van der Waals surface area contributed by atoms with E-state index in [4.69, 9.17) is 4.74 Å². The summed E-state index contributed by atoms with van der Waals surface area (Å²) in [4.78, 5) is 14.9. The number of esters is 1. The molecule has 5 nitrogen and oxygen atoms in total. The fourth-order valence-electron chi connectivity index (χ4n) is 1.68. The number of hydrogen-bond donors (Lipinski definition) is 1. The molecule has 0 radical (unpaired) electrons. The molecule has 0 fully saturated rings. The number of benzene rings is 1. The summed E-state index contributed by atoms with van der Waals surface area (Å²) in [6, 6.07) is 8.14. The Labute approximate surface area is 112 Å². The number of aromatic nitrogens is 3. The van der Waals surface area contributed by atoms with Gasteiger partial charge >= 0.3 is 12.0 Å². The van der Waals surface area contributed by atoms with E-state index in [1.54, 1.807) is 0 Å². The van der Waals surface area contributed by atoms with Crippen LogP contribution < -0.4 is 4.74 Å². The zero-order valence-electron chi connectivity index (χ0n) is 11.5. The van der Waals surface area contributed by atoms with Crippen molar-refractivity contribution in [1.29, 1.82) is 0 Å². The van der Waals surface area contributed by atoms with E-state index >= 15 is 0 Å². The first-order chi connectivity index (χ1) is 8.86. The standard InChI is InChI=1S/C14H17N3O2/c1-9(18)19-13-15-12(16-17-13)10-5-7-11(8-6-10)14(2,3)4/h5-8H,1-4H3,(H,15,16,17). The van der Waals surface area contributed by atoms with Crippen molar-refractivity contribution < 1.29 is 9.53 Å². The van der Waals surface area contributed by atoms with Gasteiger partial charge < -0.3 is 4.74 Å². The number of H-pyrrole nitrogens is 1. The molecule has 0 saturated heterocycles. The van der Waals surface area contributed by atoms with Gasteiger partial charge in [0.2, 0.25) is 0 Å². The van der Waals surface area contributed by atoms with Crippen LogP contribution in [-0.2, 0) is 10.2 Å². The normalized spacial score (nSPS) is 11.4. The lowest BCUT2D eigenvalue weighted by molar-refractivity contribution is -0.132. The molecule has 2 rings (SSSR count). The van der Waals surface area contributed by atoms with Crippen LogP contribution in [0, 0.1) is 0 Å². The highest BCUT2D eigenvalue weighted by atomic mass is 16.5. The Kier molecular flexibility index (Phi) is 3.38. The van der Waals surface area contributed by atoms with Crippen molar-refractivity contribution in [3.05, 3.63) is 29.8 Å². The lowest BCUT2D eigenvalue weighted by Gasteiger charge is -2.18. The average molecular weight is 259 g/mol. The molecule has 1 aromatic heterocycles. The van der Waals surface area contributed by atoms with Gasteiger partial charge in [-0.3, -0.25) is 4.79 Å². The van der Waals surface area contributed by atoms with Crippen LogP contribution in [0.25, 0.3) is 11.4 Å². The first-order valence-electron chi connectivity index (χ1n) is 6.08. The summed E-state index contributed by atoms with van der Waals surface area (Å²) in [7, 11) is 0. The highest BCUT2D eigenvalue weighted by Crippen LogP contribution is 2.25. The van der Waals surface area contributed by atoms with E-state index in [0.717, 1.165) is 5.56 Å². The Morgan fingerprint density at radius 1 is 1.21 bits per heavy atom. The summed E-state index contributed by atoms with van der Waals surface area (Å²) in [6.07, 6.45) is 0. The number of carbonyl (C=O) groups excluding carboxylic acids is 1. The Morgan fingerprint density at radius 2 is 1.84 bits per heavy atom. The van der Waals surface area contributed by atoms with Crippen molar-refractivity contribution in [2.24, 2.45) is 0 Å². The molecule has 0 aliphatic carbocycles. The largest absolute Gasteiger partial charge is 0.391 e. The van der Waals surface area contributed by atoms with E-state index in [9.17, 15) is 4.79 Å². The molecule has 0 atom stereocenters. The Morgan fingerprint density at radius 3 is 2.37 bits per heavy atom. The predicted octanol–water partition coefficient (Wildman–Crippen LogP) is 2.69. The summed E-state index contributed by atoms with van der Waals surface area (Å²) < 4.78 is 4.83. The molecule has 19 heavy (non-hydrogen) atoms. The van der Waals surface area contributed by atoms with E-state index in [0.29, 0.717) is 5.82 Å². The molecule has 0 unspecified atom stereocenters. The second kappa shape index (κ2) is 4.84. The van der Waals surface area contributed by atoms with Crippen LogP contribution in [0.5, 0.6) is 6.01 Å². The summed E-state index contributed by atoms with van der Waals surface area (Å²) in [5.41, 5.74) is 2.23. The third kappa shape index (κ3) is 3.19. The molecule has 1 aromatic carbocycles. The van der Waals surface area contributed by atoms with E-state index in [2.05, 4.69) is 48.1 Å². The average Bonchev–Trinajstić information content (AvgIpc) is 2.75. The minimum absolute atomic E-state index is 0.112. The second-order valence-corrected chi connectivity index (χ2v) is 5.39. The highest BCUT2D eigenvalue weighted by Gasteiger charge is 2.14. The van der Waals surface area contributed by atoms with Gasteiger partial charge in [-0.25, -0.2) is 5.10 Å². The molecule has 1 heterocycles. The van der Waals surface area contributed by atoms with Gasteiger partial charge in [-0.15, -0.1) is 0 Å². The van der Waals surface area contributed by atoms with E-state index in [1.807, 2.05) is 12.1 Å². The van der Waals surface area contributed by atoms with Gasteiger partial charge in [-0.1, -0.05) is 45.0 Å². The molecule has 5 heteroatoms. The molecule has 0 spiro atoms. The molecule has 0 amide bonds. The molecule has 2 aromatic rings. The fraction of sp³-hybridized carbons (Fsp3) is 0.357. The maximum Gasteiger partial charge on any atom is 0.320 e. The number of carbonyl (C=O) groups is 1. The molecule has 0 saturated carbocycles. The van der Waals surface area contributed by atoms with Gasteiger partial charge in [0.05, 0.1) is 0 Å². The summed E-state index contributed by atoms with van der Waals surface area (Å²) >= 11 is 0. The van der Waals surface area contributed by atoms with Crippen molar-refractivity contribution in [2.75, 3.05) is 0 Å². The smallest absolute Gasteiger partial charge is 0.320 e. The van der Waals surface area contributed by atoms with Gasteiger partial charge in [0.1, 0.15) is 0 Å². The highest BCUT2D eigenvalue weighted by molar-refractivity contribution is 5.68. The minimum Gasteiger partial charge on any atom is -0.391 e. The number of nitrogens with zero attached hydrogens (tertiary/aromatic N) is 2. The van der Waals surface area contributed by atoms with Crippen LogP contribution in [0.2, 0.25) is 0 Å². The van der Waals surface area contributed by atoms with Gasteiger partial charge in [0.15, 0.2) is 5.82 Å². The first-order valence-corrected chi connectivity index (χ1v) is 6.08. The van der Waals surface area contributed by atoms with Crippen molar-refractivity contribution in [2.45, 2.75) is 33.1 Å². The zero-order valence-corrected chi connectivity index (χ0v) is 11.5. The molecule has 0 bridgehead atoms. The van der Waals surface area contributed by atoms with Crippen LogP contribution >= 0.6 is 0 Å². The summed E-state index contributed by atoms with van der Waals surface area (Å²) in [5, 5.41) is 6.59. The Hall–Kier alpha value is -2.17. The minimum atomic E-state index is -0.425. The summed E-state index contributed by atoms with van der Waals surface area (Å²) in [6.45, 7) is 7.80. The predicted molar refractivity (Wildman–Crippen MR) is 71.8 cm³/mol. The number of rotatable bonds is 2. The number of ether oxygens (including phenoxy) is 1. The number of aromatic amines is 1. The van der Waals surface area contributed by atoms with Gasteiger partial charge in [-0.2, -0.15) is 10.1 Å². The fourth-order valence-corrected chi connectivity index (χ4v) is 1.68. The topological polar surface area (TPSA) is 67.9 Å². The second-order valence-electron chi connectivity index (χ2n) is 5.39. The Bertz CT molecular complexity index is 579. The molecule has 100 valence electrons. The van der Waals surface area contributed by atoms with Crippen LogP contribution in [0.4, 0.5) is 0 Å². The van der Waals surface area contributed by atoms with Crippen LogP contribution in [0.1, 0.15) is 33.3 Å². The van der Waals surface area contributed by atoms with Crippen LogP contribution in [0.15, 0.2) is 24.3 Å². The summed E-state index contributed by atoms with van der Waals surface area (Å²) in [5.74, 6) is 0.0856. The first kappa shape index (κ1) is 13.3. The molecular formula is C14H17N3O2. The van der Waals surface area contributed by atoms with Crippen molar-refractivity contribution in [1.82, 2.24) is 15.2 Å². The maximum absolute atomic E-state index is 10.8. The lowest BCUT2D eigenvalue weighted by Crippen LogP contribution is -2.10. The van der Waals surface area contributed by atoms with E-state index in [1.165, 1.54) is 12.5 Å². The molecular weight excluding hydrogens is 242 g/mol. The van der Waals surface area contributed by atoms with Crippen molar-refractivity contribution in [3.8, 4) is 17.4 Å². The lowest BCUT2D eigenvalue weighted by atomic mass is 9.87.